The summed E-state index contributed by atoms with van der Waals surface area (Å²) >= 11 is 6.17. The number of aryl methyl sites for hydroxylation is 2. The van der Waals surface area contributed by atoms with E-state index in [2.05, 4.69) is 10.6 Å². The first-order valence-corrected chi connectivity index (χ1v) is 9.99. The van der Waals surface area contributed by atoms with Gasteiger partial charge in [0.2, 0.25) is 0 Å². The molecule has 0 saturated carbocycles. The Hall–Kier alpha value is -3.18. The van der Waals surface area contributed by atoms with Crippen LogP contribution < -0.4 is 20.1 Å². The first-order valence-electron chi connectivity index (χ1n) is 9.61. The van der Waals surface area contributed by atoms with Crippen LogP contribution in [0.1, 0.15) is 16.7 Å². The van der Waals surface area contributed by atoms with Crippen molar-refractivity contribution in [2.24, 2.45) is 0 Å². The third kappa shape index (κ3) is 5.67. The molecular formula is C24H25ClN2O3. The second kappa shape index (κ2) is 10.0. The molecule has 0 unspecified atom stereocenters. The molecule has 0 saturated heterocycles. The molecule has 2 N–H and O–H groups in total. The Kier molecular flexibility index (Phi) is 7.20. The lowest BCUT2D eigenvalue weighted by Gasteiger charge is -2.14. The highest BCUT2D eigenvalue weighted by Gasteiger charge is 2.10. The Morgan fingerprint density at radius 1 is 0.967 bits per heavy atom. The number of ether oxygens (including phenoxy) is 2. The molecule has 30 heavy (non-hydrogen) atoms. The van der Waals surface area contributed by atoms with Crippen LogP contribution in [0.4, 0.5) is 11.4 Å². The molecule has 3 aromatic rings. The van der Waals surface area contributed by atoms with E-state index in [1.807, 2.05) is 68.4 Å². The van der Waals surface area contributed by atoms with Crippen molar-refractivity contribution in [1.82, 2.24) is 0 Å². The predicted molar refractivity (Wildman–Crippen MR) is 122 cm³/mol. The Bertz CT molecular complexity index is 1040. The van der Waals surface area contributed by atoms with Crippen LogP contribution in [0.5, 0.6) is 11.5 Å². The van der Waals surface area contributed by atoms with Gasteiger partial charge in [-0.3, -0.25) is 4.79 Å². The summed E-state index contributed by atoms with van der Waals surface area (Å²) in [6, 6.07) is 19.1. The number of hydrogen-bond acceptors (Lipinski definition) is 4. The minimum absolute atomic E-state index is 0.107. The average molecular weight is 425 g/mol. The molecule has 0 aliphatic rings. The van der Waals surface area contributed by atoms with Crippen LogP contribution in [0.25, 0.3) is 0 Å². The number of benzene rings is 3. The van der Waals surface area contributed by atoms with Crippen molar-refractivity contribution >= 4 is 28.9 Å². The van der Waals surface area contributed by atoms with Crippen molar-refractivity contribution in [2.45, 2.75) is 20.4 Å². The summed E-state index contributed by atoms with van der Waals surface area (Å²) in [6.45, 7) is 4.40. The van der Waals surface area contributed by atoms with Crippen molar-refractivity contribution in [3.63, 3.8) is 0 Å². The number of hydrogen-bond donors (Lipinski definition) is 2. The van der Waals surface area contributed by atoms with Gasteiger partial charge in [0.15, 0.2) is 18.1 Å². The summed E-state index contributed by atoms with van der Waals surface area (Å²) in [5.74, 6) is 0.854. The number of amides is 1. The normalized spacial score (nSPS) is 10.4. The highest BCUT2D eigenvalue weighted by Crippen LogP contribution is 2.29. The van der Waals surface area contributed by atoms with Crippen molar-refractivity contribution < 1.29 is 14.3 Å². The predicted octanol–water partition coefficient (Wildman–Crippen LogP) is 5.60. The number of anilines is 2. The van der Waals surface area contributed by atoms with Crippen LogP contribution in [0.3, 0.4) is 0 Å². The van der Waals surface area contributed by atoms with Crippen molar-refractivity contribution in [2.75, 3.05) is 24.4 Å². The van der Waals surface area contributed by atoms with E-state index in [1.54, 1.807) is 13.2 Å². The van der Waals surface area contributed by atoms with E-state index in [0.717, 1.165) is 33.1 Å². The van der Waals surface area contributed by atoms with Crippen LogP contribution >= 0.6 is 11.6 Å². The highest BCUT2D eigenvalue weighted by molar-refractivity contribution is 6.31. The van der Waals surface area contributed by atoms with Crippen molar-refractivity contribution in [3.05, 3.63) is 82.4 Å². The molecule has 0 bridgehead atoms. The van der Waals surface area contributed by atoms with Gasteiger partial charge in [0.1, 0.15) is 0 Å². The summed E-state index contributed by atoms with van der Waals surface area (Å²) < 4.78 is 11.1. The van der Waals surface area contributed by atoms with E-state index >= 15 is 0 Å². The lowest BCUT2D eigenvalue weighted by atomic mass is 10.2. The first-order chi connectivity index (χ1) is 14.5. The monoisotopic (exact) mass is 424 g/mol. The standard InChI is InChI=1S/C24H25ClN2O3/c1-16-8-10-19(13-20(16)25)26-14-18-9-11-22(23(12-18)29-3)30-15-24(28)27-21-7-5-4-6-17(21)2/h4-13,26H,14-15H2,1-3H3,(H,27,28). The molecule has 3 aromatic carbocycles. The summed E-state index contributed by atoms with van der Waals surface area (Å²) in [7, 11) is 1.58. The molecule has 0 aliphatic carbocycles. The van der Waals surface area contributed by atoms with Crippen LogP contribution in [0.15, 0.2) is 60.7 Å². The lowest BCUT2D eigenvalue weighted by Crippen LogP contribution is -2.20. The maximum Gasteiger partial charge on any atom is 0.262 e. The minimum atomic E-state index is -0.228. The van der Waals surface area contributed by atoms with Gasteiger partial charge in [0.25, 0.3) is 5.91 Å². The number of carbonyl (C=O) groups excluding carboxylic acids is 1. The van der Waals surface area contributed by atoms with Gasteiger partial charge in [0, 0.05) is 22.9 Å². The van der Waals surface area contributed by atoms with Gasteiger partial charge < -0.3 is 20.1 Å². The number of nitrogens with one attached hydrogen (secondary N) is 2. The number of methoxy groups -OCH3 is 1. The van der Waals surface area contributed by atoms with Gasteiger partial charge in [-0.05, 0) is 60.9 Å². The zero-order valence-electron chi connectivity index (χ0n) is 17.3. The topological polar surface area (TPSA) is 59.6 Å². The molecule has 0 aromatic heterocycles. The third-order valence-corrected chi connectivity index (χ3v) is 5.08. The van der Waals surface area contributed by atoms with E-state index in [0.29, 0.717) is 18.0 Å². The number of halogens is 1. The number of para-hydroxylation sites is 1. The average Bonchev–Trinajstić information content (AvgIpc) is 2.75. The molecule has 6 heteroatoms. The second-order valence-electron chi connectivity index (χ2n) is 6.95. The molecule has 3 rings (SSSR count). The van der Waals surface area contributed by atoms with E-state index in [1.165, 1.54) is 0 Å². The van der Waals surface area contributed by atoms with E-state index in [-0.39, 0.29) is 12.5 Å². The fourth-order valence-corrected chi connectivity index (χ4v) is 3.07. The lowest BCUT2D eigenvalue weighted by molar-refractivity contribution is -0.118. The molecule has 0 spiro atoms. The van der Waals surface area contributed by atoms with Gasteiger partial charge in [-0.15, -0.1) is 0 Å². The molecule has 0 atom stereocenters. The Morgan fingerprint density at radius 2 is 1.77 bits per heavy atom. The fourth-order valence-electron chi connectivity index (χ4n) is 2.89. The van der Waals surface area contributed by atoms with Crippen LogP contribution in [0.2, 0.25) is 5.02 Å². The largest absolute Gasteiger partial charge is 0.493 e. The third-order valence-electron chi connectivity index (χ3n) is 4.67. The molecule has 1 amide bonds. The quantitative estimate of drug-likeness (QED) is 0.494. The van der Waals surface area contributed by atoms with E-state index in [9.17, 15) is 4.79 Å². The maximum absolute atomic E-state index is 12.2. The van der Waals surface area contributed by atoms with Crippen molar-refractivity contribution in [1.29, 1.82) is 0 Å². The highest BCUT2D eigenvalue weighted by atomic mass is 35.5. The first kappa shape index (κ1) is 21.5. The Labute approximate surface area is 182 Å². The van der Waals surface area contributed by atoms with Crippen molar-refractivity contribution in [3.8, 4) is 11.5 Å². The van der Waals surface area contributed by atoms with E-state index < -0.39 is 0 Å². The molecule has 0 radical (unpaired) electrons. The molecule has 0 heterocycles. The van der Waals surface area contributed by atoms with E-state index in [4.69, 9.17) is 21.1 Å². The Morgan fingerprint density at radius 3 is 2.50 bits per heavy atom. The fraction of sp³-hybridized carbons (Fsp3) is 0.208. The number of rotatable bonds is 8. The summed E-state index contributed by atoms with van der Waals surface area (Å²) in [4.78, 5) is 12.2. The van der Waals surface area contributed by atoms with Gasteiger partial charge in [0.05, 0.1) is 7.11 Å². The number of carbonyl (C=O) groups is 1. The zero-order chi connectivity index (χ0) is 21.5. The zero-order valence-corrected chi connectivity index (χ0v) is 18.0. The Balaban J connectivity index is 1.59. The smallest absolute Gasteiger partial charge is 0.262 e. The summed E-state index contributed by atoms with van der Waals surface area (Å²) in [5, 5.41) is 6.92. The molecule has 0 aliphatic heterocycles. The van der Waals surface area contributed by atoms with Crippen LogP contribution in [-0.2, 0) is 11.3 Å². The van der Waals surface area contributed by atoms with Gasteiger partial charge in [-0.25, -0.2) is 0 Å². The molecule has 5 nitrogen and oxygen atoms in total. The molecule has 156 valence electrons. The molecule has 0 fully saturated rings. The van der Waals surface area contributed by atoms with Gasteiger partial charge in [-0.1, -0.05) is 41.9 Å². The van der Waals surface area contributed by atoms with Gasteiger partial charge >= 0.3 is 0 Å². The maximum atomic E-state index is 12.2. The van der Waals surface area contributed by atoms with Crippen LogP contribution in [0, 0.1) is 13.8 Å². The van der Waals surface area contributed by atoms with Gasteiger partial charge in [-0.2, -0.15) is 0 Å². The van der Waals surface area contributed by atoms with Crippen LogP contribution in [-0.4, -0.2) is 19.6 Å². The molecular weight excluding hydrogens is 400 g/mol. The second-order valence-corrected chi connectivity index (χ2v) is 7.36. The summed E-state index contributed by atoms with van der Waals surface area (Å²) in [5.41, 5.74) is 4.76. The SMILES string of the molecule is COc1cc(CNc2ccc(C)c(Cl)c2)ccc1OCC(=O)Nc1ccccc1C. The minimum Gasteiger partial charge on any atom is -0.493 e. The summed E-state index contributed by atoms with van der Waals surface area (Å²) in [6.07, 6.45) is 0.